The Morgan fingerprint density at radius 1 is 0.964 bits per heavy atom. The van der Waals surface area contributed by atoms with E-state index in [1.807, 2.05) is 22.8 Å². The maximum atomic E-state index is 12.6. The second kappa shape index (κ2) is 7.23. The molecule has 1 saturated heterocycles. The van der Waals surface area contributed by atoms with Crippen molar-refractivity contribution in [3.8, 4) is 11.1 Å². The van der Waals surface area contributed by atoms with E-state index in [9.17, 15) is 4.79 Å². The molecule has 28 heavy (non-hydrogen) atoms. The first-order chi connectivity index (χ1) is 13.7. The molecule has 2 aromatic carbocycles. The summed E-state index contributed by atoms with van der Waals surface area (Å²) in [7, 11) is 0. The minimum absolute atomic E-state index is 0.133. The lowest BCUT2D eigenvalue weighted by Crippen LogP contribution is -3.13. The van der Waals surface area contributed by atoms with Gasteiger partial charge in [-0.1, -0.05) is 54.1 Å². The number of hydrogen-bond donors (Lipinski definition) is 1. The van der Waals surface area contributed by atoms with Crippen molar-refractivity contribution in [3.63, 3.8) is 0 Å². The molecule has 3 heterocycles. The Hall–Kier alpha value is -2.36. The summed E-state index contributed by atoms with van der Waals surface area (Å²) in [5.41, 5.74) is 5.06. The predicted molar refractivity (Wildman–Crippen MR) is 113 cm³/mol. The molecule has 2 aliphatic heterocycles. The molecular weight excluding hydrogens is 368 g/mol. The van der Waals surface area contributed by atoms with E-state index in [-0.39, 0.29) is 5.56 Å². The minimum atomic E-state index is 0.133. The van der Waals surface area contributed by atoms with Gasteiger partial charge in [-0.15, -0.1) is 0 Å². The number of likely N-dealkylation sites (tertiary alicyclic amines) is 1. The van der Waals surface area contributed by atoms with Crippen LogP contribution in [0.4, 0.5) is 0 Å². The quantitative estimate of drug-likeness (QED) is 0.728. The number of piperidine rings is 1. The molecule has 2 aliphatic rings. The molecule has 5 rings (SSSR count). The fourth-order valence-electron chi connectivity index (χ4n) is 5.14. The maximum Gasteiger partial charge on any atom is 0.250 e. The second-order valence-corrected chi connectivity index (χ2v) is 8.64. The number of fused-ring (bicyclic) bond motifs is 4. The first kappa shape index (κ1) is 17.7. The number of benzene rings is 2. The monoisotopic (exact) mass is 391 g/mol. The van der Waals surface area contributed by atoms with Crippen LogP contribution in [0.25, 0.3) is 11.1 Å². The number of rotatable bonds is 3. The lowest BCUT2D eigenvalue weighted by Gasteiger charge is -2.41. The molecule has 2 bridgehead atoms. The Kier molecular flexibility index (Phi) is 4.58. The molecule has 1 aromatic heterocycles. The highest BCUT2D eigenvalue weighted by molar-refractivity contribution is 6.30. The molecule has 0 spiro atoms. The largest absolute Gasteiger partial charge is 0.330 e. The Morgan fingerprint density at radius 3 is 2.54 bits per heavy atom. The molecule has 0 saturated carbocycles. The van der Waals surface area contributed by atoms with Gasteiger partial charge in [0.1, 0.15) is 6.54 Å². The summed E-state index contributed by atoms with van der Waals surface area (Å²) in [5.74, 6) is 0.994. The normalized spacial score (nSPS) is 23.2. The molecule has 142 valence electrons. The third kappa shape index (κ3) is 3.30. The number of hydrogen-bond acceptors (Lipinski definition) is 1. The Morgan fingerprint density at radius 2 is 1.75 bits per heavy atom. The van der Waals surface area contributed by atoms with Crippen molar-refractivity contribution in [2.24, 2.45) is 5.92 Å². The Labute approximate surface area is 170 Å². The zero-order valence-electron chi connectivity index (χ0n) is 15.8. The van der Waals surface area contributed by atoms with E-state index in [0.29, 0.717) is 11.8 Å². The number of halogens is 1. The molecule has 1 N–H and O–H groups in total. The molecule has 1 fully saturated rings. The lowest BCUT2D eigenvalue weighted by molar-refractivity contribution is -0.924. The van der Waals surface area contributed by atoms with E-state index in [1.165, 1.54) is 23.2 Å². The molecule has 3 atom stereocenters. The molecule has 0 radical (unpaired) electrons. The zero-order valence-corrected chi connectivity index (χ0v) is 16.5. The van der Waals surface area contributed by atoms with Crippen molar-refractivity contribution in [1.82, 2.24) is 4.57 Å². The van der Waals surface area contributed by atoms with E-state index in [4.69, 9.17) is 11.6 Å². The van der Waals surface area contributed by atoms with E-state index in [1.54, 1.807) is 11.0 Å². The van der Waals surface area contributed by atoms with Crippen LogP contribution in [0.3, 0.4) is 0 Å². The first-order valence-corrected chi connectivity index (χ1v) is 10.4. The van der Waals surface area contributed by atoms with Crippen LogP contribution in [0.2, 0.25) is 5.02 Å². The minimum Gasteiger partial charge on any atom is -0.330 e. The van der Waals surface area contributed by atoms with Gasteiger partial charge in [0, 0.05) is 46.3 Å². The summed E-state index contributed by atoms with van der Waals surface area (Å²) in [4.78, 5) is 14.3. The number of aromatic nitrogens is 1. The average Bonchev–Trinajstić information content (AvgIpc) is 2.70. The highest BCUT2D eigenvalue weighted by Crippen LogP contribution is 2.37. The van der Waals surface area contributed by atoms with Crippen LogP contribution in [0.5, 0.6) is 0 Å². The lowest BCUT2D eigenvalue weighted by atomic mass is 9.80. The Bertz CT molecular complexity index is 1040. The summed E-state index contributed by atoms with van der Waals surface area (Å²) in [5, 5.41) is 0.738. The fraction of sp³-hybridized carbons (Fsp3) is 0.292. The summed E-state index contributed by atoms with van der Waals surface area (Å²) in [6.45, 7) is 4.11. The average molecular weight is 392 g/mol. The third-order valence-electron chi connectivity index (χ3n) is 6.24. The van der Waals surface area contributed by atoms with Gasteiger partial charge in [-0.25, -0.2) is 0 Å². The van der Waals surface area contributed by atoms with Crippen LogP contribution < -0.4 is 10.5 Å². The van der Waals surface area contributed by atoms with Gasteiger partial charge in [-0.05, 0) is 30.2 Å². The summed E-state index contributed by atoms with van der Waals surface area (Å²) in [6, 6.07) is 22.5. The Balaban J connectivity index is 1.51. The van der Waals surface area contributed by atoms with Crippen molar-refractivity contribution in [1.29, 1.82) is 0 Å². The molecule has 0 amide bonds. The summed E-state index contributed by atoms with van der Waals surface area (Å²) < 4.78 is 2.04. The highest BCUT2D eigenvalue weighted by Gasteiger charge is 2.38. The highest BCUT2D eigenvalue weighted by atomic mass is 35.5. The first-order valence-electron chi connectivity index (χ1n) is 10.0. The van der Waals surface area contributed by atoms with E-state index < -0.39 is 0 Å². The molecule has 1 unspecified atom stereocenters. The van der Waals surface area contributed by atoms with Gasteiger partial charge in [-0.3, -0.25) is 4.79 Å². The van der Waals surface area contributed by atoms with Crippen LogP contribution in [-0.4, -0.2) is 17.7 Å². The van der Waals surface area contributed by atoms with Crippen molar-refractivity contribution in [3.05, 3.63) is 93.4 Å². The van der Waals surface area contributed by atoms with Crippen molar-refractivity contribution < 1.29 is 4.90 Å². The molecule has 0 aliphatic carbocycles. The van der Waals surface area contributed by atoms with Gasteiger partial charge in [0.05, 0.1) is 13.1 Å². The predicted octanol–water partition coefficient (Wildman–Crippen LogP) is 3.37. The van der Waals surface area contributed by atoms with Gasteiger partial charge < -0.3 is 9.47 Å². The van der Waals surface area contributed by atoms with Gasteiger partial charge in [0.15, 0.2) is 0 Å². The molecular formula is C24H24ClN2O+. The molecule has 3 nitrogen and oxygen atoms in total. The number of pyridine rings is 1. The van der Waals surface area contributed by atoms with Crippen LogP contribution in [0.15, 0.2) is 71.5 Å². The molecule has 4 heteroatoms. The van der Waals surface area contributed by atoms with E-state index in [2.05, 4.69) is 42.5 Å². The topological polar surface area (TPSA) is 26.4 Å². The summed E-state index contributed by atoms with van der Waals surface area (Å²) in [6.07, 6.45) is 1.18. The third-order valence-corrected chi connectivity index (χ3v) is 6.49. The SMILES string of the molecule is O=c1ccc(-c2ccc(Cl)cc2)c2n1C[C@H]1C[C@@H]2C[NH+](Cc2ccccc2)C1. The maximum absolute atomic E-state index is 12.6. The van der Waals surface area contributed by atoms with Crippen LogP contribution in [0.1, 0.15) is 23.6 Å². The van der Waals surface area contributed by atoms with E-state index in [0.717, 1.165) is 36.8 Å². The number of quaternary nitrogens is 1. The van der Waals surface area contributed by atoms with Gasteiger partial charge in [0.2, 0.25) is 0 Å². The van der Waals surface area contributed by atoms with Crippen molar-refractivity contribution in [2.75, 3.05) is 13.1 Å². The standard InChI is InChI=1S/C24H23ClN2O/c25-21-8-6-19(7-9-21)22-10-11-23(28)27-15-18-12-20(24(22)27)16-26(14-18)13-17-4-2-1-3-5-17/h1-11,18,20H,12-16H2/p+1/t18-,20+/m0/s1. The van der Waals surface area contributed by atoms with Crippen LogP contribution >= 0.6 is 11.6 Å². The summed E-state index contributed by atoms with van der Waals surface area (Å²) >= 11 is 6.09. The number of nitrogens with zero attached hydrogens (tertiary/aromatic N) is 1. The van der Waals surface area contributed by atoms with E-state index >= 15 is 0 Å². The van der Waals surface area contributed by atoms with Crippen LogP contribution in [0, 0.1) is 5.92 Å². The van der Waals surface area contributed by atoms with Gasteiger partial charge >= 0.3 is 0 Å². The second-order valence-electron chi connectivity index (χ2n) is 8.21. The van der Waals surface area contributed by atoms with Crippen LogP contribution in [-0.2, 0) is 13.1 Å². The van der Waals surface area contributed by atoms with Crippen molar-refractivity contribution >= 4 is 11.6 Å². The molecule has 3 aromatic rings. The fourth-order valence-corrected chi connectivity index (χ4v) is 5.27. The number of nitrogens with one attached hydrogen (secondary N) is 1. The zero-order chi connectivity index (χ0) is 19.1. The van der Waals surface area contributed by atoms with Crippen molar-refractivity contribution in [2.45, 2.75) is 25.4 Å². The van der Waals surface area contributed by atoms with Gasteiger partial charge in [0.25, 0.3) is 5.56 Å². The van der Waals surface area contributed by atoms with Gasteiger partial charge in [-0.2, -0.15) is 0 Å². The smallest absolute Gasteiger partial charge is 0.250 e.